The van der Waals surface area contributed by atoms with Crippen molar-refractivity contribution in [2.24, 2.45) is 5.92 Å². The van der Waals surface area contributed by atoms with E-state index in [-0.39, 0.29) is 18.1 Å². The number of morpholine rings is 1. The summed E-state index contributed by atoms with van der Waals surface area (Å²) in [6, 6.07) is 0.231. The van der Waals surface area contributed by atoms with Crippen LogP contribution in [-0.2, 0) is 4.74 Å². The van der Waals surface area contributed by atoms with E-state index in [1.165, 1.54) is 19.3 Å². The molecule has 1 aromatic rings. The first-order valence-corrected chi connectivity index (χ1v) is 8.60. The first-order valence-electron chi connectivity index (χ1n) is 7.72. The fourth-order valence-electron chi connectivity index (χ4n) is 2.91. The van der Waals surface area contributed by atoms with Crippen molar-refractivity contribution in [1.29, 1.82) is 0 Å². The van der Waals surface area contributed by atoms with Crippen LogP contribution in [0, 0.1) is 12.8 Å². The number of ether oxygens (including phenoxy) is 1. The summed E-state index contributed by atoms with van der Waals surface area (Å²) in [4.78, 5) is 19.0. The van der Waals surface area contributed by atoms with Gasteiger partial charge < -0.3 is 15.0 Å². The monoisotopic (exact) mass is 309 g/mol. The van der Waals surface area contributed by atoms with E-state index in [4.69, 9.17) is 4.74 Å². The van der Waals surface area contributed by atoms with Gasteiger partial charge in [-0.25, -0.2) is 9.78 Å². The second kappa shape index (κ2) is 6.32. The average molecular weight is 309 g/mol. The minimum Gasteiger partial charge on any atom is -0.377 e. The van der Waals surface area contributed by atoms with Gasteiger partial charge in [-0.2, -0.15) is 0 Å². The molecule has 0 bridgehead atoms. The molecule has 2 amide bonds. The van der Waals surface area contributed by atoms with Crippen molar-refractivity contribution in [2.75, 3.05) is 19.8 Å². The SMILES string of the molecule is Cc1csc([C@@H]2COCCN2C(=O)N[C@@H](C)C2CCC2)n1. The summed E-state index contributed by atoms with van der Waals surface area (Å²) >= 11 is 1.61. The van der Waals surface area contributed by atoms with E-state index in [0.717, 1.165) is 10.7 Å². The number of hydrogen-bond donors (Lipinski definition) is 1. The number of nitrogens with zero attached hydrogens (tertiary/aromatic N) is 2. The molecule has 1 aromatic heterocycles. The van der Waals surface area contributed by atoms with Gasteiger partial charge in [0.15, 0.2) is 0 Å². The molecule has 0 unspecified atom stereocenters. The van der Waals surface area contributed by atoms with Crippen LogP contribution >= 0.6 is 11.3 Å². The Labute approximate surface area is 129 Å². The normalized spacial score (nSPS) is 24.5. The summed E-state index contributed by atoms with van der Waals surface area (Å²) in [6.07, 6.45) is 3.77. The van der Waals surface area contributed by atoms with Gasteiger partial charge in [0.05, 0.1) is 13.2 Å². The Bertz CT molecular complexity index is 501. The maximum absolute atomic E-state index is 12.6. The zero-order valence-electron chi connectivity index (χ0n) is 12.7. The molecule has 3 rings (SSSR count). The van der Waals surface area contributed by atoms with Crippen LogP contribution in [0.2, 0.25) is 0 Å². The van der Waals surface area contributed by atoms with Gasteiger partial charge in [-0.3, -0.25) is 0 Å². The third-order valence-corrected chi connectivity index (χ3v) is 5.58. The predicted octanol–water partition coefficient (Wildman–Crippen LogP) is 2.72. The number of carbonyl (C=O) groups is 1. The number of hydrogen-bond acceptors (Lipinski definition) is 4. The molecule has 0 spiro atoms. The van der Waals surface area contributed by atoms with Gasteiger partial charge in [0.2, 0.25) is 0 Å². The maximum atomic E-state index is 12.6. The highest BCUT2D eigenvalue weighted by atomic mass is 32.1. The van der Waals surface area contributed by atoms with E-state index in [2.05, 4.69) is 17.2 Å². The first kappa shape index (κ1) is 14.8. The van der Waals surface area contributed by atoms with Crippen LogP contribution in [0.3, 0.4) is 0 Å². The lowest BCUT2D eigenvalue weighted by Crippen LogP contribution is -2.52. The van der Waals surface area contributed by atoms with Gasteiger partial charge in [-0.15, -0.1) is 11.3 Å². The molecule has 1 aliphatic heterocycles. The van der Waals surface area contributed by atoms with Gasteiger partial charge in [0.25, 0.3) is 0 Å². The Morgan fingerprint density at radius 3 is 3.00 bits per heavy atom. The van der Waals surface area contributed by atoms with Crippen LogP contribution < -0.4 is 5.32 Å². The fraction of sp³-hybridized carbons (Fsp3) is 0.733. The standard InChI is InChI=1S/C15H23N3O2S/c1-10-9-21-14(16-10)13-8-20-7-6-18(13)15(19)17-11(2)12-4-3-5-12/h9,11-13H,3-8H2,1-2H3,(H,17,19)/t11-,13-/m0/s1. The molecule has 2 fully saturated rings. The Balaban J connectivity index is 1.66. The van der Waals surface area contributed by atoms with Crippen LogP contribution in [0.4, 0.5) is 4.79 Å². The summed E-state index contributed by atoms with van der Waals surface area (Å²) in [7, 11) is 0. The Morgan fingerprint density at radius 2 is 2.38 bits per heavy atom. The van der Waals surface area contributed by atoms with Crippen molar-refractivity contribution in [2.45, 2.75) is 45.2 Å². The molecule has 1 aliphatic carbocycles. The Kier molecular flexibility index (Phi) is 4.45. The van der Waals surface area contributed by atoms with Gasteiger partial charge in [-0.05, 0) is 32.6 Å². The number of nitrogens with one attached hydrogen (secondary N) is 1. The smallest absolute Gasteiger partial charge is 0.318 e. The summed E-state index contributed by atoms with van der Waals surface area (Å²) in [5.74, 6) is 0.649. The van der Waals surface area contributed by atoms with Gasteiger partial charge >= 0.3 is 6.03 Å². The minimum atomic E-state index is -0.0500. The summed E-state index contributed by atoms with van der Waals surface area (Å²) < 4.78 is 5.56. The minimum absolute atomic E-state index is 0.0237. The lowest BCUT2D eigenvalue weighted by atomic mass is 9.80. The highest BCUT2D eigenvalue weighted by molar-refractivity contribution is 7.09. The summed E-state index contributed by atoms with van der Waals surface area (Å²) in [6.45, 7) is 5.87. The molecule has 21 heavy (non-hydrogen) atoms. The molecule has 1 saturated heterocycles. The topological polar surface area (TPSA) is 54.5 Å². The second-order valence-corrected chi connectivity index (χ2v) is 6.93. The lowest BCUT2D eigenvalue weighted by Gasteiger charge is -2.37. The van der Waals surface area contributed by atoms with Crippen molar-refractivity contribution in [3.8, 4) is 0 Å². The van der Waals surface area contributed by atoms with Crippen molar-refractivity contribution in [3.05, 3.63) is 16.1 Å². The number of aryl methyl sites for hydroxylation is 1. The fourth-order valence-corrected chi connectivity index (χ4v) is 3.80. The quantitative estimate of drug-likeness (QED) is 0.934. The zero-order valence-corrected chi connectivity index (χ0v) is 13.5. The highest BCUT2D eigenvalue weighted by Crippen LogP contribution is 2.30. The number of rotatable bonds is 3. The van der Waals surface area contributed by atoms with Crippen molar-refractivity contribution in [3.63, 3.8) is 0 Å². The van der Waals surface area contributed by atoms with Crippen LogP contribution in [0.15, 0.2) is 5.38 Å². The molecular weight excluding hydrogens is 286 g/mol. The number of thiazole rings is 1. The highest BCUT2D eigenvalue weighted by Gasteiger charge is 2.33. The molecular formula is C15H23N3O2S. The van der Waals surface area contributed by atoms with Gasteiger partial charge in [0.1, 0.15) is 11.0 Å². The average Bonchev–Trinajstić information content (AvgIpc) is 2.83. The van der Waals surface area contributed by atoms with E-state index in [1.54, 1.807) is 11.3 Å². The van der Waals surface area contributed by atoms with E-state index in [9.17, 15) is 4.79 Å². The van der Waals surface area contributed by atoms with Crippen LogP contribution in [0.25, 0.3) is 0 Å². The van der Waals surface area contributed by atoms with E-state index in [0.29, 0.717) is 25.7 Å². The molecule has 2 atom stereocenters. The molecule has 6 heteroatoms. The molecule has 0 aromatic carbocycles. The lowest BCUT2D eigenvalue weighted by molar-refractivity contribution is 0.0102. The summed E-state index contributed by atoms with van der Waals surface area (Å²) in [5, 5.41) is 6.16. The van der Waals surface area contributed by atoms with E-state index in [1.807, 2.05) is 17.2 Å². The first-order chi connectivity index (χ1) is 10.1. The largest absolute Gasteiger partial charge is 0.377 e. The molecule has 116 valence electrons. The van der Waals surface area contributed by atoms with Crippen LogP contribution in [-0.4, -0.2) is 41.7 Å². The van der Waals surface area contributed by atoms with Crippen LogP contribution in [0.1, 0.15) is 42.9 Å². The van der Waals surface area contributed by atoms with Gasteiger partial charge in [-0.1, -0.05) is 6.42 Å². The van der Waals surface area contributed by atoms with Crippen molar-refractivity contribution in [1.82, 2.24) is 15.2 Å². The molecule has 1 saturated carbocycles. The molecule has 2 aliphatic rings. The maximum Gasteiger partial charge on any atom is 0.318 e. The number of aromatic nitrogens is 1. The second-order valence-electron chi connectivity index (χ2n) is 6.04. The molecule has 2 heterocycles. The molecule has 5 nitrogen and oxygen atoms in total. The predicted molar refractivity (Wildman–Crippen MR) is 82.5 cm³/mol. The van der Waals surface area contributed by atoms with Crippen LogP contribution in [0.5, 0.6) is 0 Å². The van der Waals surface area contributed by atoms with E-state index < -0.39 is 0 Å². The molecule has 1 N–H and O–H groups in total. The van der Waals surface area contributed by atoms with Crippen molar-refractivity contribution >= 4 is 17.4 Å². The third kappa shape index (κ3) is 3.21. The summed E-state index contributed by atoms with van der Waals surface area (Å²) in [5.41, 5.74) is 1.00. The third-order valence-electron chi connectivity index (χ3n) is 4.52. The number of amides is 2. The molecule has 0 radical (unpaired) electrons. The Morgan fingerprint density at radius 1 is 1.57 bits per heavy atom. The zero-order chi connectivity index (χ0) is 14.8. The van der Waals surface area contributed by atoms with Crippen molar-refractivity contribution < 1.29 is 9.53 Å². The van der Waals surface area contributed by atoms with E-state index >= 15 is 0 Å². The van der Waals surface area contributed by atoms with Gasteiger partial charge in [0, 0.05) is 23.7 Å². The number of carbonyl (C=O) groups excluding carboxylic acids is 1. The Hall–Kier alpha value is -1.14. The number of urea groups is 1.